The number of amides is 1. The highest BCUT2D eigenvalue weighted by molar-refractivity contribution is 5.73. The van der Waals surface area contributed by atoms with Crippen molar-refractivity contribution >= 4 is 23.2 Å². The molecule has 1 aliphatic rings. The van der Waals surface area contributed by atoms with E-state index in [1.54, 1.807) is 23.7 Å². The smallest absolute Gasteiger partial charge is 0.254 e. The third-order valence-electron chi connectivity index (χ3n) is 5.21. The van der Waals surface area contributed by atoms with Gasteiger partial charge in [0, 0.05) is 50.6 Å². The fourth-order valence-electron chi connectivity index (χ4n) is 3.64. The van der Waals surface area contributed by atoms with E-state index in [1.165, 1.54) is 0 Å². The molecule has 3 aromatic rings. The van der Waals surface area contributed by atoms with E-state index in [9.17, 15) is 10.1 Å². The molecule has 1 N–H and O–H groups in total. The molecule has 0 aliphatic carbocycles. The summed E-state index contributed by atoms with van der Waals surface area (Å²) in [6.07, 6.45) is 0. The maximum Gasteiger partial charge on any atom is 0.254 e. The molecule has 0 atom stereocenters. The predicted molar refractivity (Wildman–Crippen MR) is 118 cm³/mol. The van der Waals surface area contributed by atoms with E-state index in [0.717, 1.165) is 22.9 Å². The summed E-state index contributed by atoms with van der Waals surface area (Å²) in [5.41, 5.74) is 3.16. The Balaban J connectivity index is 1.70. The van der Waals surface area contributed by atoms with Crippen LogP contribution in [0, 0.1) is 25.2 Å². The quantitative estimate of drug-likeness (QED) is 0.697. The predicted octanol–water partition coefficient (Wildman–Crippen LogP) is 2.56. The number of rotatable bonds is 4. The van der Waals surface area contributed by atoms with E-state index in [0.29, 0.717) is 43.5 Å². The largest absolute Gasteiger partial charge is 0.353 e. The highest BCUT2D eigenvalue weighted by Gasteiger charge is 2.21. The first-order chi connectivity index (χ1) is 14.9. The number of aromatic nitrogens is 4. The monoisotopic (exact) mass is 416 g/mol. The van der Waals surface area contributed by atoms with Gasteiger partial charge in [-0.05, 0) is 38.1 Å². The van der Waals surface area contributed by atoms with Gasteiger partial charge < -0.3 is 15.1 Å². The molecule has 0 bridgehead atoms. The maximum atomic E-state index is 11.7. The molecule has 1 amide bonds. The van der Waals surface area contributed by atoms with Crippen molar-refractivity contribution in [3.05, 3.63) is 53.3 Å². The molecule has 1 aliphatic heterocycles. The molecule has 0 saturated carbocycles. The van der Waals surface area contributed by atoms with Gasteiger partial charge in [-0.15, -0.1) is 0 Å². The lowest BCUT2D eigenvalue weighted by Crippen LogP contribution is -2.48. The minimum absolute atomic E-state index is 0.0883. The second kappa shape index (κ2) is 8.44. The van der Waals surface area contributed by atoms with Crippen molar-refractivity contribution in [2.75, 3.05) is 36.4 Å². The van der Waals surface area contributed by atoms with Crippen LogP contribution in [0.25, 0.3) is 5.95 Å². The van der Waals surface area contributed by atoms with Gasteiger partial charge in [0.25, 0.3) is 5.95 Å². The topological polar surface area (TPSA) is 103 Å². The van der Waals surface area contributed by atoms with Crippen LogP contribution in [-0.4, -0.2) is 56.7 Å². The lowest BCUT2D eigenvalue weighted by Gasteiger charge is -2.35. The molecular formula is C22H24N8O. The van der Waals surface area contributed by atoms with Crippen LogP contribution in [0.3, 0.4) is 0 Å². The fourth-order valence-corrected chi connectivity index (χ4v) is 3.64. The van der Waals surface area contributed by atoms with Crippen LogP contribution < -0.4 is 10.2 Å². The van der Waals surface area contributed by atoms with E-state index in [2.05, 4.69) is 26.4 Å². The van der Waals surface area contributed by atoms with Crippen molar-refractivity contribution in [1.29, 1.82) is 5.26 Å². The van der Waals surface area contributed by atoms with Crippen molar-refractivity contribution in [2.45, 2.75) is 20.8 Å². The summed E-state index contributed by atoms with van der Waals surface area (Å²) in [5.74, 6) is 1.93. The molecule has 2 aromatic heterocycles. The van der Waals surface area contributed by atoms with E-state index in [1.807, 2.05) is 43.0 Å². The first kappa shape index (κ1) is 20.3. The standard InChI is InChI=1S/C22H24N8O/c1-15-11-16(2)30(27-15)22-25-20(24-19-6-4-5-18(12-19)14-23)13-21(26-22)29-9-7-28(8-10-29)17(3)31/h4-6,11-13H,7-10H2,1-3H3,(H,24,25,26). The zero-order valence-electron chi connectivity index (χ0n) is 17.8. The Hall–Kier alpha value is -3.93. The zero-order chi connectivity index (χ0) is 22.0. The van der Waals surface area contributed by atoms with Gasteiger partial charge in [-0.25, -0.2) is 4.68 Å². The van der Waals surface area contributed by atoms with Crippen molar-refractivity contribution in [3.63, 3.8) is 0 Å². The van der Waals surface area contributed by atoms with Gasteiger partial charge >= 0.3 is 0 Å². The number of nitrogens with zero attached hydrogens (tertiary/aromatic N) is 7. The number of piperazine rings is 1. The van der Waals surface area contributed by atoms with Crippen LogP contribution in [0.2, 0.25) is 0 Å². The number of nitriles is 1. The second-order valence-electron chi connectivity index (χ2n) is 7.56. The van der Waals surface area contributed by atoms with Crippen molar-refractivity contribution < 1.29 is 4.79 Å². The van der Waals surface area contributed by atoms with Gasteiger partial charge in [0.15, 0.2) is 0 Å². The Bertz CT molecular complexity index is 1150. The zero-order valence-corrected chi connectivity index (χ0v) is 17.8. The summed E-state index contributed by atoms with van der Waals surface area (Å²) in [6.45, 7) is 8.18. The molecule has 31 heavy (non-hydrogen) atoms. The first-order valence-corrected chi connectivity index (χ1v) is 10.1. The summed E-state index contributed by atoms with van der Waals surface area (Å²) in [6, 6.07) is 13.3. The molecule has 0 spiro atoms. The Morgan fingerprint density at radius 1 is 1.10 bits per heavy atom. The molecule has 9 heteroatoms. The number of carbonyl (C=O) groups excluding carboxylic acids is 1. The highest BCUT2D eigenvalue weighted by Crippen LogP contribution is 2.23. The van der Waals surface area contributed by atoms with Crippen LogP contribution >= 0.6 is 0 Å². The number of anilines is 3. The Labute approximate surface area is 180 Å². The second-order valence-corrected chi connectivity index (χ2v) is 7.56. The minimum Gasteiger partial charge on any atom is -0.353 e. The van der Waals surface area contributed by atoms with E-state index in [-0.39, 0.29) is 5.91 Å². The van der Waals surface area contributed by atoms with Crippen LogP contribution in [0.5, 0.6) is 0 Å². The molecule has 3 heterocycles. The van der Waals surface area contributed by atoms with Crippen molar-refractivity contribution in [3.8, 4) is 12.0 Å². The number of benzene rings is 1. The third-order valence-corrected chi connectivity index (χ3v) is 5.21. The van der Waals surface area contributed by atoms with Gasteiger partial charge in [-0.2, -0.15) is 20.3 Å². The molecular weight excluding hydrogens is 392 g/mol. The van der Waals surface area contributed by atoms with Crippen molar-refractivity contribution in [2.24, 2.45) is 0 Å². The number of nitrogens with one attached hydrogen (secondary N) is 1. The molecule has 158 valence electrons. The number of hydrogen-bond donors (Lipinski definition) is 1. The Morgan fingerprint density at radius 2 is 1.87 bits per heavy atom. The summed E-state index contributed by atoms with van der Waals surface area (Å²) in [4.78, 5) is 25.1. The lowest BCUT2D eigenvalue weighted by atomic mass is 10.2. The van der Waals surface area contributed by atoms with Gasteiger partial charge in [-0.3, -0.25) is 4.79 Å². The molecule has 1 saturated heterocycles. The first-order valence-electron chi connectivity index (χ1n) is 10.1. The van der Waals surface area contributed by atoms with Gasteiger partial charge in [0.1, 0.15) is 11.6 Å². The summed E-state index contributed by atoms with van der Waals surface area (Å²) in [7, 11) is 0. The maximum absolute atomic E-state index is 11.7. The summed E-state index contributed by atoms with van der Waals surface area (Å²) >= 11 is 0. The molecule has 9 nitrogen and oxygen atoms in total. The fraction of sp³-hybridized carbons (Fsp3) is 0.318. The van der Waals surface area contributed by atoms with Gasteiger partial charge in [0.05, 0.1) is 17.3 Å². The number of aryl methyl sites for hydroxylation is 2. The number of carbonyl (C=O) groups is 1. The average Bonchev–Trinajstić information content (AvgIpc) is 3.11. The van der Waals surface area contributed by atoms with E-state index >= 15 is 0 Å². The Kier molecular flexibility index (Phi) is 5.54. The van der Waals surface area contributed by atoms with Gasteiger partial charge in [-0.1, -0.05) is 6.07 Å². The molecule has 4 rings (SSSR count). The van der Waals surface area contributed by atoms with E-state index < -0.39 is 0 Å². The molecule has 1 aromatic carbocycles. The SMILES string of the molecule is CC(=O)N1CCN(c2cc(Nc3cccc(C#N)c3)nc(-n3nc(C)cc3C)n2)CC1. The highest BCUT2D eigenvalue weighted by atomic mass is 16.2. The van der Waals surface area contributed by atoms with Crippen molar-refractivity contribution in [1.82, 2.24) is 24.6 Å². The van der Waals surface area contributed by atoms with Crippen LogP contribution in [0.1, 0.15) is 23.9 Å². The normalized spacial score (nSPS) is 13.7. The molecule has 0 radical (unpaired) electrons. The summed E-state index contributed by atoms with van der Waals surface area (Å²) < 4.78 is 1.72. The van der Waals surface area contributed by atoms with E-state index in [4.69, 9.17) is 4.98 Å². The van der Waals surface area contributed by atoms with Crippen LogP contribution in [0.4, 0.5) is 17.3 Å². The third kappa shape index (κ3) is 4.48. The lowest BCUT2D eigenvalue weighted by molar-refractivity contribution is -0.129. The molecule has 0 unspecified atom stereocenters. The summed E-state index contributed by atoms with van der Waals surface area (Å²) in [5, 5.41) is 17.0. The van der Waals surface area contributed by atoms with Gasteiger partial charge in [0.2, 0.25) is 5.91 Å². The van der Waals surface area contributed by atoms with Crippen LogP contribution in [-0.2, 0) is 4.79 Å². The minimum atomic E-state index is 0.0883. The molecule has 1 fully saturated rings. The number of hydrogen-bond acceptors (Lipinski definition) is 7. The average molecular weight is 416 g/mol. The Morgan fingerprint density at radius 3 is 2.52 bits per heavy atom. The van der Waals surface area contributed by atoms with Crippen LogP contribution in [0.15, 0.2) is 36.4 Å².